The molecular weight excluding hydrogens is 611 g/mol. The minimum atomic E-state index is -0.259. The molecule has 9 N–H and O–H groups in total. The molecule has 3 atom stereocenters. The molecule has 268 valence electrons. The highest BCUT2D eigenvalue weighted by Gasteiger charge is 2.49. The number of ether oxygens (including phenoxy) is 1. The average molecular weight is 676 g/mol. The summed E-state index contributed by atoms with van der Waals surface area (Å²) in [7, 11) is 0. The molecule has 3 saturated heterocycles. The zero-order valence-corrected chi connectivity index (χ0v) is 30.0. The quantitative estimate of drug-likeness (QED) is 0.0842. The number of hydrogen-bond donors (Lipinski definition) is 9. The van der Waals surface area contributed by atoms with Crippen molar-refractivity contribution in [2.45, 2.75) is 76.7 Å². The van der Waals surface area contributed by atoms with Crippen LogP contribution < -0.4 is 47.9 Å². The van der Waals surface area contributed by atoms with Crippen molar-refractivity contribution in [1.29, 1.82) is 0 Å². The van der Waals surface area contributed by atoms with E-state index in [0.29, 0.717) is 30.9 Å². The Hall–Kier alpha value is -1.72. The fraction of sp³-hybridized carbons (Fsp3) is 0.886. The van der Waals surface area contributed by atoms with Gasteiger partial charge >= 0.3 is 6.09 Å². The van der Waals surface area contributed by atoms with E-state index in [-0.39, 0.29) is 17.0 Å². The van der Waals surface area contributed by atoms with Crippen molar-refractivity contribution in [3.63, 3.8) is 0 Å². The number of carbonyl (C=O) groups excluding carboxylic acids is 1. The summed E-state index contributed by atoms with van der Waals surface area (Å²) in [5, 5.41) is 32.9. The molecule has 1 unspecified atom stereocenters. The SMILES string of the molecule is CC12CNCCNCC(NC(=S)NCCCCCCCCNC(=O)OCC3[C@H]4CCC#CCC[C@@H]34)(CNCCNC1)CNCCNC2. The van der Waals surface area contributed by atoms with Gasteiger partial charge in [-0.25, -0.2) is 4.79 Å². The van der Waals surface area contributed by atoms with Gasteiger partial charge in [0.2, 0.25) is 0 Å². The molecule has 1 saturated carbocycles. The van der Waals surface area contributed by atoms with Gasteiger partial charge in [0.1, 0.15) is 0 Å². The molecule has 5 rings (SSSR count). The van der Waals surface area contributed by atoms with Gasteiger partial charge in [-0.3, -0.25) is 0 Å². The van der Waals surface area contributed by atoms with Crippen LogP contribution in [0.2, 0.25) is 0 Å². The van der Waals surface area contributed by atoms with Crippen molar-refractivity contribution in [2.75, 3.05) is 98.2 Å². The van der Waals surface area contributed by atoms with E-state index in [1.165, 1.54) is 19.3 Å². The maximum atomic E-state index is 12.1. The number of rotatable bonds is 12. The van der Waals surface area contributed by atoms with Crippen molar-refractivity contribution >= 4 is 23.4 Å². The lowest BCUT2D eigenvalue weighted by Crippen LogP contribution is -2.67. The number of amides is 1. The minimum Gasteiger partial charge on any atom is -0.449 e. The Bertz CT molecular complexity index is 928. The predicted octanol–water partition coefficient (Wildman–Crippen LogP) is 1.27. The lowest BCUT2D eigenvalue weighted by atomic mass is 9.90. The van der Waals surface area contributed by atoms with Crippen LogP contribution in [0.25, 0.3) is 0 Å². The van der Waals surface area contributed by atoms with Crippen LogP contribution in [0.4, 0.5) is 4.79 Å². The normalized spacial score (nSPS) is 30.5. The molecule has 0 aromatic rings. The first-order valence-electron chi connectivity index (χ1n) is 18.7. The van der Waals surface area contributed by atoms with Gasteiger partial charge < -0.3 is 52.6 Å². The molecule has 4 fully saturated rings. The van der Waals surface area contributed by atoms with E-state index in [1.807, 2.05) is 0 Å². The van der Waals surface area contributed by atoms with Crippen LogP contribution in [0.5, 0.6) is 0 Å². The van der Waals surface area contributed by atoms with Gasteiger partial charge in [0, 0.05) is 110 Å². The highest BCUT2D eigenvalue weighted by Crippen LogP contribution is 2.52. The standard InChI is InChI=1S/C35H65N9O2S/c1-34-23-36-16-19-39-26-35(27-40-20-17-37-24-34,28-41-21-18-38-25-34)44-32(47)42-14-10-6-2-3-7-11-15-43-33(45)46-22-31-29-12-8-4-5-9-13-30(29)31/h29-31,36-41H,2-3,6-28H2,1H3,(H,43,45)(H2,42,44,47)/t29-,30+,31?,34?,35?. The van der Waals surface area contributed by atoms with Gasteiger partial charge in [0.25, 0.3) is 0 Å². The third kappa shape index (κ3) is 14.7. The second-order valence-electron chi connectivity index (χ2n) is 14.6. The number of hydrogen-bond acceptors (Lipinski definition) is 9. The monoisotopic (exact) mass is 675 g/mol. The van der Waals surface area contributed by atoms with E-state index in [0.717, 1.165) is 135 Å². The molecule has 1 amide bonds. The van der Waals surface area contributed by atoms with Gasteiger partial charge in [0.05, 0.1) is 12.1 Å². The summed E-state index contributed by atoms with van der Waals surface area (Å²) in [6, 6.07) is 0. The van der Waals surface area contributed by atoms with Crippen LogP contribution in [0.15, 0.2) is 0 Å². The summed E-state index contributed by atoms with van der Waals surface area (Å²) in [5.41, 5.74) is -0.0612. The van der Waals surface area contributed by atoms with Crippen LogP contribution in [0, 0.1) is 35.0 Å². The van der Waals surface area contributed by atoms with E-state index in [1.54, 1.807) is 0 Å². The van der Waals surface area contributed by atoms with Gasteiger partial charge in [0.15, 0.2) is 5.11 Å². The van der Waals surface area contributed by atoms with Crippen LogP contribution in [-0.4, -0.2) is 115 Å². The second kappa shape index (κ2) is 21.4. The first-order chi connectivity index (χ1) is 23.0. The number of carbonyl (C=O) groups is 1. The second-order valence-corrected chi connectivity index (χ2v) is 15.0. The summed E-state index contributed by atoms with van der Waals surface area (Å²) in [6.07, 6.45) is 10.8. The molecule has 3 heterocycles. The Morgan fingerprint density at radius 3 is 1.66 bits per heavy atom. The number of unbranched alkanes of at least 4 members (excludes halogenated alkanes) is 5. The van der Waals surface area contributed by atoms with Gasteiger partial charge in [-0.15, -0.1) is 11.8 Å². The number of thiocarbonyl (C=S) groups is 1. The van der Waals surface area contributed by atoms with Gasteiger partial charge in [-0.2, -0.15) is 0 Å². The molecule has 0 radical (unpaired) electrons. The molecular formula is C35H65N9O2S. The van der Waals surface area contributed by atoms with Gasteiger partial charge in [-0.05, 0) is 55.7 Å². The third-order valence-electron chi connectivity index (χ3n) is 10.3. The summed E-state index contributed by atoms with van der Waals surface area (Å²) >= 11 is 5.80. The van der Waals surface area contributed by atoms with E-state index < -0.39 is 0 Å². The Labute approximate surface area is 290 Å². The number of nitrogens with one attached hydrogen (secondary N) is 9. The first-order valence-corrected chi connectivity index (χ1v) is 19.1. The molecule has 0 aromatic heterocycles. The van der Waals surface area contributed by atoms with Crippen LogP contribution >= 0.6 is 12.2 Å². The Morgan fingerprint density at radius 2 is 1.15 bits per heavy atom. The summed E-state index contributed by atoms with van der Waals surface area (Å²) in [4.78, 5) is 12.1. The van der Waals surface area contributed by atoms with Crippen LogP contribution in [0.1, 0.15) is 71.1 Å². The predicted molar refractivity (Wildman–Crippen MR) is 196 cm³/mol. The van der Waals surface area contributed by atoms with E-state index in [9.17, 15) is 4.79 Å². The van der Waals surface area contributed by atoms with Gasteiger partial charge in [-0.1, -0.05) is 32.6 Å². The van der Waals surface area contributed by atoms with Crippen molar-refractivity contribution in [3.8, 4) is 11.8 Å². The molecule has 5 aliphatic rings. The molecule has 2 aliphatic carbocycles. The maximum Gasteiger partial charge on any atom is 0.407 e. The topological polar surface area (TPSA) is 135 Å². The van der Waals surface area contributed by atoms with E-state index >= 15 is 0 Å². The van der Waals surface area contributed by atoms with Crippen LogP contribution in [-0.2, 0) is 4.74 Å². The average Bonchev–Trinajstić information content (AvgIpc) is 3.70. The zero-order valence-electron chi connectivity index (χ0n) is 29.1. The highest BCUT2D eigenvalue weighted by molar-refractivity contribution is 7.80. The Balaban J connectivity index is 1.05. The van der Waals surface area contributed by atoms with E-state index in [4.69, 9.17) is 17.0 Å². The first kappa shape index (κ1) is 38.1. The minimum absolute atomic E-state index is 0.177. The largest absolute Gasteiger partial charge is 0.449 e. The fourth-order valence-corrected chi connectivity index (χ4v) is 7.65. The summed E-state index contributed by atoms with van der Waals surface area (Å²) in [5.74, 6) is 8.45. The third-order valence-corrected chi connectivity index (χ3v) is 10.5. The molecule has 11 nitrogen and oxygen atoms in total. The zero-order chi connectivity index (χ0) is 33.0. The molecule has 0 aromatic carbocycles. The molecule has 3 aliphatic heterocycles. The fourth-order valence-electron chi connectivity index (χ4n) is 7.33. The lowest BCUT2D eigenvalue weighted by molar-refractivity contribution is 0.137. The molecule has 2 bridgehead atoms. The lowest BCUT2D eigenvalue weighted by Gasteiger charge is -2.38. The Kier molecular flexibility index (Phi) is 17.3. The molecule has 47 heavy (non-hydrogen) atoms. The molecule has 0 spiro atoms. The van der Waals surface area contributed by atoms with Crippen LogP contribution in [0.3, 0.4) is 0 Å². The molecule has 12 heteroatoms. The van der Waals surface area contributed by atoms with Crippen molar-refractivity contribution < 1.29 is 9.53 Å². The summed E-state index contributed by atoms with van der Waals surface area (Å²) < 4.78 is 5.53. The smallest absolute Gasteiger partial charge is 0.407 e. The maximum absolute atomic E-state index is 12.1. The Morgan fingerprint density at radius 1 is 0.702 bits per heavy atom. The summed E-state index contributed by atoms with van der Waals surface area (Å²) in [6.45, 7) is 15.5. The van der Waals surface area contributed by atoms with Crippen molar-refractivity contribution in [3.05, 3.63) is 0 Å². The number of alkyl carbamates (subject to hydrolysis) is 1. The van der Waals surface area contributed by atoms with Crippen molar-refractivity contribution in [1.82, 2.24) is 47.9 Å². The van der Waals surface area contributed by atoms with E-state index in [2.05, 4.69) is 66.6 Å². The van der Waals surface area contributed by atoms with Crippen molar-refractivity contribution in [2.24, 2.45) is 23.2 Å². The number of fused-ring (bicyclic) bond motifs is 16. The highest BCUT2D eigenvalue weighted by atomic mass is 32.1.